The van der Waals surface area contributed by atoms with E-state index in [9.17, 15) is 4.79 Å². The molecule has 2 rings (SSSR count). The van der Waals surface area contributed by atoms with Gasteiger partial charge in [-0.1, -0.05) is 24.3 Å². The summed E-state index contributed by atoms with van der Waals surface area (Å²) in [6.45, 7) is 1.53. The summed E-state index contributed by atoms with van der Waals surface area (Å²) in [4.78, 5) is 14.1. The normalized spacial score (nSPS) is 10.1. The second-order valence-corrected chi connectivity index (χ2v) is 4.99. The predicted molar refractivity (Wildman–Crippen MR) is 87.5 cm³/mol. The molecule has 4 heteroatoms. The van der Waals surface area contributed by atoms with Gasteiger partial charge >= 0.3 is 0 Å². The van der Waals surface area contributed by atoms with E-state index in [1.54, 1.807) is 24.3 Å². The van der Waals surface area contributed by atoms with Crippen LogP contribution >= 0.6 is 0 Å². The Hall–Kier alpha value is -2.49. The zero-order chi connectivity index (χ0) is 15.1. The average Bonchev–Trinajstić information content (AvgIpc) is 2.52. The third-order valence-corrected chi connectivity index (χ3v) is 3.30. The lowest BCUT2D eigenvalue weighted by atomic mass is 10.2. The highest BCUT2D eigenvalue weighted by atomic mass is 16.1. The Labute approximate surface area is 125 Å². The molecule has 110 valence electrons. The molecule has 0 unspecified atom stereocenters. The van der Waals surface area contributed by atoms with Crippen LogP contribution in [-0.2, 0) is 0 Å². The molecule has 0 bridgehead atoms. The summed E-state index contributed by atoms with van der Waals surface area (Å²) in [5, 5.41) is 2.91. The Balaban J connectivity index is 1.74. The summed E-state index contributed by atoms with van der Waals surface area (Å²) < 4.78 is 0. The second kappa shape index (κ2) is 7.33. The molecule has 0 radical (unpaired) electrons. The van der Waals surface area contributed by atoms with E-state index in [0.29, 0.717) is 17.8 Å². The number of para-hydroxylation sites is 1. The Morgan fingerprint density at radius 1 is 1.14 bits per heavy atom. The summed E-state index contributed by atoms with van der Waals surface area (Å²) in [6, 6.07) is 17.2. The van der Waals surface area contributed by atoms with E-state index < -0.39 is 0 Å². The number of carbonyl (C=O) groups is 1. The first-order valence-corrected chi connectivity index (χ1v) is 7.07. The Morgan fingerprint density at radius 3 is 2.62 bits per heavy atom. The minimum Gasteiger partial charge on any atom is -0.399 e. The Bertz CT molecular complexity index is 584. The van der Waals surface area contributed by atoms with E-state index >= 15 is 0 Å². The van der Waals surface area contributed by atoms with Crippen LogP contribution < -0.4 is 16.0 Å². The third-order valence-electron chi connectivity index (χ3n) is 3.30. The van der Waals surface area contributed by atoms with Crippen molar-refractivity contribution in [3.05, 3.63) is 60.2 Å². The summed E-state index contributed by atoms with van der Waals surface area (Å²) in [5.41, 5.74) is 8.06. The van der Waals surface area contributed by atoms with Gasteiger partial charge in [-0.15, -0.1) is 0 Å². The molecule has 21 heavy (non-hydrogen) atoms. The minimum absolute atomic E-state index is 0.0790. The average molecular weight is 283 g/mol. The van der Waals surface area contributed by atoms with E-state index in [-0.39, 0.29) is 5.91 Å². The molecular weight excluding hydrogens is 262 g/mol. The van der Waals surface area contributed by atoms with Crippen LogP contribution in [0.5, 0.6) is 0 Å². The van der Waals surface area contributed by atoms with Gasteiger partial charge < -0.3 is 16.0 Å². The van der Waals surface area contributed by atoms with Gasteiger partial charge in [0.2, 0.25) is 0 Å². The van der Waals surface area contributed by atoms with Gasteiger partial charge in [-0.25, -0.2) is 0 Å². The van der Waals surface area contributed by atoms with Gasteiger partial charge in [0.25, 0.3) is 5.91 Å². The van der Waals surface area contributed by atoms with Crippen molar-refractivity contribution in [2.75, 3.05) is 30.8 Å². The topological polar surface area (TPSA) is 58.4 Å². The molecule has 0 fully saturated rings. The molecule has 0 aliphatic rings. The van der Waals surface area contributed by atoms with E-state index in [1.807, 2.05) is 18.2 Å². The van der Waals surface area contributed by atoms with Crippen LogP contribution in [0.3, 0.4) is 0 Å². The van der Waals surface area contributed by atoms with Crippen molar-refractivity contribution in [3.63, 3.8) is 0 Å². The molecule has 0 saturated carbocycles. The first-order valence-electron chi connectivity index (χ1n) is 7.07. The van der Waals surface area contributed by atoms with Gasteiger partial charge in [0.05, 0.1) is 0 Å². The van der Waals surface area contributed by atoms with Gasteiger partial charge in [-0.3, -0.25) is 4.79 Å². The van der Waals surface area contributed by atoms with Crippen LogP contribution in [-0.4, -0.2) is 26.0 Å². The maximum atomic E-state index is 11.9. The quantitative estimate of drug-likeness (QED) is 0.632. The largest absolute Gasteiger partial charge is 0.399 e. The van der Waals surface area contributed by atoms with Crippen molar-refractivity contribution in [3.8, 4) is 0 Å². The predicted octanol–water partition coefficient (Wildman–Crippen LogP) is 2.53. The number of anilines is 2. The van der Waals surface area contributed by atoms with E-state index in [1.165, 1.54) is 5.69 Å². The molecule has 2 aromatic carbocycles. The number of hydrogen-bond donors (Lipinski definition) is 2. The molecule has 0 heterocycles. The second-order valence-electron chi connectivity index (χ2n) is 4.99. The van der Waals surface area contributed by atoms with E-state index in [2.05, 4.69) is 29.4 Å². The molecule has 3 N–H and O–H groups in total. The van der Waals surface area contributed by atoms with Gasteiger partial charge in [0, 0.05) is 37.1 Å². The molecule has 4 nitrogen and oxygen atoms in total. The lowest BCUT2D eigenvalue weighted by Gasteiger charge is -2.19. The van der Waals surface area contributed by atoms with Crippen LogP contribution in [0.2, 0.25) is 0 Å². The lowest BCUT2D eigenvalue weighted by Crippen LogP contribution is -2.28. The maximum Gasteiger partial charge on any atom is 0.251 e. The molecule has 0 saturated heterocycles. The van der Waals surface area contributed by atoms with Crippen molar-refractivity contribution >= 4 is 17.3 Å². The van der Waals surface area contributed by atoms with Crippen LogP contribution in [0.1, 0.15) is 16.8 Å². The van der Waals surface area contributed by atoms with Crippen LogP contribution in [0.25, 0.3) is 0 Å². The Kier molecular flexibility index (Phi) is 5.21. The fourth-order valence-electron chi connectivity index (χ4n) is 2.11. The van der Waals surface area contributed by atoms with Crippen LogP contribution in [0.4, 0.5) is 11.4 Å². The number of carbonyl (C=O) groups excluding carboxylic acids is 1. The van der Waals surface area contributed by atoms with Gasteiger partial charge in [-0.2, -0.15) is 0 Å². The molecule has 1 amide bonds. The summed E-state index contributed by atoms with van der Waals surface area (Å²) in [7, 11) is 2.05. The van der Waals surface area contributed by atoms with Gasteiger partial charge in [0.1, 0.15) is 0 Å². The number of benzene rings is 2. The number of nitrogen functional groups attached to an aromatic ring is 1. The zero-order valence-corrected chi connectivity index (χ0v) is 12.3. The standard InChI is InChI=1S/C17H21N3O/c1-20(16-9-3-2-4-10-16)12-6-11-19-17(21)14-7-5-8-15(18)13-14/h2-5,7-10,13H,6,11-12,18H2,1H3,(H,19,21). The number of amides is 1. The fraction of sp³-hybridized carbons (Fsp3) is 0.235. The molecule has 0 aliphatic carbocycles. The first kappa shape index (κ1) is 14.9. The van der Waals surface area contributed by atoms with Crippen LogP contribution in [0, 0.1) is 0 Å². The van der Waals surface area contributed by atoms with Gasteiger partial charge in [-0.05, 0) is 36.8 Å². The van der Waals surface area contributed by atoms with Crippen molar-refractivity contribution in [2.45, 2.75) is 6.42 Å². The smallest absolute Gasteiger partial charge is 0.251 e. The van der Waals surface area contributed by atoms with Crippen molar-refractivity contribution in [1.82, 2.24) is 5.32 Å². The van der Waals surface area contributed by atoms with Crippen LogP contribution in [0.15, 0.2) is 54.6 Å². The zero-order valence-electron chi connectivity index (χ0n) is 12.3. The SMILES string of the molecule is CN(CCCNC(=O)c1cccc(N)c1)c1ccccc1. The molecule has 0 atom stereocenters. The summed E-state index contributed by atoms with van der Waals surface area (Å²) >= 11 is 0. The monoisotopic (exact) mass is 283 g/mol. The fourth-order valence-corrected chi connectivity index (χ4v) is 2.11. The van der Waals surface area contributed by atoms with Crippen molar-refractivity contribution in [1.29, 1.82) is 0 Å². The Morgan fingerprint density at radius 2 is 1.90 bits per heavy atom. The summed E-state index contributed by atoms with van der Waals surface area (Å²) in [5.74, 6) is -0.0790. The molecule has 2 aromatic rings. The van der Waals surface area contributed by atoms with E-state index in [4.69, 9.17) is 5.73 Å². The highest BCUT2D eigenvalue weighted by molar-refractivity contribution is 5.94. The molecule has 0 aromatic heterocycles. The number of nitrogens with zero attached hydrogens (tertiary/aromatic N) is 1. The first-order chi connectivity index (χ1) is 10.2. The van der Waals surface area contributed by atoms with E-state index in [0.717, 1.165) is 13.0 Å². The minimum atomic E-state index is -0.0790. The number of nitrogens with two attached hydrogens (primary N) is 1. The van der Waals surface area contributed by atoms with Gasteiger partial charge in [0.15, 0.2) is 0 Å². The molecular formula is C17H21N3O. The lowest BCUT2D eigenvalue weighted by molar-refractivity contribution is 0.0953. The third kappa shape index (κ3) is 4.53. The number of rotatable bonds is 6. The number of hydrogen-bond acceptors (Lipinski definition) is 3. The number of nitrogens with one attached hydrogen (secondary N) is 1. The highest BCUT2D eigenvalue weighted by Gasteiger charge is 2.05. The maximum absolute atomic E-state index is 11.9. The molecule has 0 spiro atoms. The summed E-state index contributed by atoms with van der Waals surface area (Å²) in [6.07, 6.45) is 0.888. The highest BCUT2D eigenvalue weighted by Crippen LogP contribution is 2.11. The molecule has 0 aliphatic heterocycles. The van der Waals surface area contributed by atoms with Crippen molar-refractivity contribution < 1.29 is 4.79 Å². The van der Waals surface area contributed by atoms with Crippen molar-refractivity contribution in [2.24, 2.45) is 0 Å².